The Morgan fingerprint density at radius 2 is 1.07 bits per heavy atom. The number of rotatable bonds is 0. The first-order valence-corrected chi connectivity index (χ1v) is 11.3. The van der Waals surface area contributed by atoms with Crippen molar-refractivity contribution >= 4 is 12.2 Å². The van der Waals surface area contributed by atoms with E-state index in [-0.39, 0.29) is 36.4 Å². The third kappa shape index (κ3) is 5.02. The van der Waals surface area contributed by atoms with E-state index >= 15 is 0 Å². The van der Waals surface area contributed by atoms with E-state index < -0.39 is 11.2 Å². The van der Waals surface area contributed by atoms with E-state index in [1.165, 1.54) is 0 Å². The SMILES string of the molecule is CC(C)(C)OC(=O)N1CC[C@@H]2C[C@H](N)[C@@H]21.CC(C)(C)OC(=O)N1CC[C@H]2C[C@@H](N)[C@H]21. The predicted molar refractivity (Wildman–Crippen MR) is 115 cm³/mol. The number of nitrogens with zero attached hydrogens (tertiary/aromatic N) is 2. The molecule has 4 N–H and O–H groups in total. The van der Waals surface area contributed by atoms with E-state index in [0.29, 0.717) is 11.8 Å². The molecule has 0 unspecified atom stereocenters. The van der Waals surface area contributed by atoms with Crippen molar-refractivity contribution in [2.45, 2.75) is 103 Å². The van der Waals surface area contributed by atoms with Gasteiger partial charge >= 0.3 is 12.2 Å². The highest BCUT2D eigenvalue weighted by atomic mass is 16.6. The number of amides is 2. The van der Waals surface area contributed by atoms with Gasteiger partial charge in [-0.05, 0) is 79.1 Å². The molecule has 2 saturated heterocycles. The summed E-state index contributed by atoms with van der Waals surface area (Å²) in [7, 11) is 0. The summed E-state index contributed by atoms with van der Waals surface area (Å²) < 4.78 is 10.7. The first-order chi connectivity index (χ1) is 13.8. The molecule has 2 amide bonds. The molecule has 0 spiro atoms. The summed E-state index contributed by atoms with van der Waals surface area (Å²) in [6, 6.07) is 0.787. The van der Waals surface area contributed by atoms with Crippen molar-refractivity contribution in [1.82, 2.24) is 9.80 Å². The maximum absolute atomic E-state index is 11.8. The zero-order valence-electron chi connectivity index (χ0n) is 19.4. The van der Waals surface area contributed by atoms with Crippen LogP contribution in [0.15, 0.2) is 0 Å². The molecule has 0 aromatic carbocycles. The van der Waals surface area contributed by atoms with Crippen LogP contribution >= 0.6 is 0 Å². The van der Waals surface area contributed by atoms with Gasteiger partial charge in [-0.25, -0.2) is 9.59 Å². The fraction of sp³-hybridized carbons (Fsp3) is 0.909. The largest absolute Gasteiger partial charge is 0.444 e. The second kappa shape index (κ2) is 8.19. The highest BCUT2D eigenvalue weighted by Gasteiger charge is 2.50. The van der Waals surface area contributed by atoms with Crippen LogP contribution in [0.2, 0.25) is 0 Å². The monoisotopic (exact) mass is 424 g/mol. The topological polar surface area (TPSA) is 111 Å². The van der Waals surface area contributed by atoms with Crippen LogP contribution in [-0.2, 0) is 9.47 Å². The Labute approximate surface area is 180 Å². The zero-order valence-corrected chi connectivity index (χ0v) is 19.4. The number of hydrogen-bond donors (Lipinski definition) is 2. The smallest absolute Gasteiger partial charge is 0.410 e. The number of hydrogen-bond acceptors (Lipinski definition) is 6. The van der Waals surface area contributed by atoms with E-state index in [0.717, 1.165) is 38.8 Å². The molecular formula is C22H40N4O4. The van der Waals surface area contributed by atoms with Crippen LogP contribution < -0.4 is 11.5 Å². The highest BCUT2D eigenvalue weighted by Crippen LogP contribution is 2.41. The van der Waals surface area contributed by atoms with Gasteiger partial charge in [-0.2, -0.15) is 0 Å². The fourth-order valence-corrected chi connectivity index (χ4v) is 5.09. The number of fused-ring (bicyclic) bond motifs is 2. The van der Waals surface area contributed by atoms with Crippen LogP contribution in [-0.4, -0.2) is 70.4 Å². The molecule has 0 bridgehead atoms. The number of nitrogens with two attached hydrogens (primary N) is 2. The lowest BCUT2D eigenvalue weighted by Crippen LogP contribution is -2.58. The van der Waals surface area contributed by atoms with E-state index in [2.05, 4.69) is 0 Å². The Bertz CT molecular complexity index is 601. The summed E-state index contributed by atoms with van der Waals surface area (Å²) in [5, 5.41) is 0. The van der Waals surface area contributed by atoms with E-state index in [9.17, 15) is 9.59 Å². The van der Waals surface area contributed by atoms with Gasteiger partial charge in [-0.15, -0.1) is 0 Å². The normalized spacial score (nSPS) is 34.7. The number of carbonyl (C=O) groups is 2. The van der Waals surface area contributed by atoms with E-state index in [4.69, 9.17) is 20.9 Å². The average molecular weight is 425 g/mol. The first-order valence-electron chi connectivity index (χ1n) is 11.3. The van der Waals surface area contributed by atoms with Gasteiger partial charge in [0.2, 0.25) is 0 Å². The molecule has 2 saturated carbocycles. The minimum absolute atomic E-state index is 0.157. The van der Waals surface area contributed by atoms with Crippen molar-refractivity contribution in [2.75, 3.05) is 13.1 Å². The Hall–Kier alpha value is -1.54. The standard InChI is InChI=1S/2C11H20N2O2/c2*1-11(2,3)15-10(14)13-5-4-7-6-8(12)9(7)13/h2*7-9H,4-6,12H2,1-3H3/t2*7-,8+,9-/m10/s1. The van der Waals surface area contributed by atoms with Crippen LogP contribution in [0.25, 0.3) is 0 Å². The molecule has 2 heterocycles. The molecule has 2 aliphatic heterocycles. The molecule has 0 aromatic heterocycles. The average Bonchev–Trinajstić information content (AvgIpc) is 3.08. The lowest BCUT2D eigenvalue weighted by atomic mass is 9.76. The van der Waals surface area contributed by atoms with Crippen LogP contribution in [0.5, 0.6) is 0 Å². The fourth-order valence-electron chi connectivity index (χ4n) is 5.09. The second-order valence-electron chi connectivity index (χ2n) is 11.2. The Morgan fingerprint density at radius 1 is 0.733 bits per heavy atom. The summed E-state index contributed by atoms with van der Waals surface area (Å²) in [6.45, 7) is 12.9. The summed E-state index contributed by atoms with van der Waals surface area (Å²) in [5.41, 5.74) is 11.0. The molecule has 6 atom stereocenters. The lowest BCUT2D eigenvalue weighted by molar-refractivity contribution is 0.00844. The molecule has 0 radical (unpaired) electrons. The Kier molecular flexibility index (Phi) is 6.31. The van der Waals surface area contributed by atoms with Gasteiger partial charge in [0.05, 0.1) is 12.1 Å². The third-order valence-corrected chi connectivity index (χ3v) is 6.45. The Morgan fingerprint density at radius 3 is 1.33 bits per heavy atom. The van der Waals surface area contributed by atoms with Crippen LogP contribution in [0.4, 0.5) is 9.59 Å². The van der Waals surface area contributed by atoms with Crippen molar-refractivity contribution < 1.29 is 19.1 Å². The van der Waals surface area contributed by atoms with Gasteiger partial charge in [0.15, 0.2) is 0 Å². The molecule has 4 rings (SSSR count). The van der Waals surface area contributed by atoms with Crippen LogP contribution in [0.1, 0.15) is 67.2 Å². The molecule has 172 valence electrons. The van der Waals surface area contributed by atoms with Crippen molar-refractivity contribution in [3.63, 3.8) is 0 Å². The second-order valence-corrected chi connectivity index (χ2v) is 11.2. The van der Waals surface area contributed by atoms with Gasteiger partial charge in [0.25, 0.3) is 0 Å². The minimum Gasteiger partial charge on any atom is -0.444 e. The van der Waals surface area contributed by atoms with Gasteiger partial charge in [0.1, 0.15) is 11.2 Å². The number of likely N-dealkylation sites (tertiary alicyclic amines) is 2. The number of carbonyl (C=O) groups excluding carboxylic acids is 2. The first kappa shape index (κ1) is 23.1. The molecule has 8 heteroatoms. The van der Waals surface area contributed by atoms with Gasteiger partial charge in [-0.3, -0.25) is 0 Å². The Balaban J connectivity index is 0.000000171. The zero-order chi connectivity index (χ0) is 22.4. The summed E-state index contributed by atoms with van der Waals surface area (Å²) in [5.74, 6) is 1.24. The molecule has 8 nitrogen and oxygen atoms in total. The molecule has 4 fully saturated rings. The highest BCUT2D eigenvalue weighted by molar-refractivity contribution is 5.70. The molecule has 0 aromatic rings. The molecule has 4 aliphatic rings. The van der Waals surface area contributed by atoms with E-state index in [1.54, 1.807) is 0 Å². The summed E-state index contributed by atoms with van der Waals surface area (Å²) >= 11 is 0. The maximum atomic E-state index is 11.8. The van der Waals surface area contributed by atoms with Crippen molar-refractivity contribution in [1.29, 1.82) is 0 Å². The van der Waals surface area contributed by atoms with Crippen LogP contribution in [0, 0.1) is 11.8 Å². The van der Waals surface area contributed by atoms with Gasteiger partial charge in [0, 0.05) is 25.2 Å². The summed E-state index contributed by atoms with van der Waals surface area (Å²) in [6.07, 6.45) is 3.87. The van der Waals surface area contributed by atoms with Crippen molar-refractivity contribution in [3.05, 3.63) is 0 Å². The van der Waals surface area contributed by atoms with Crippen molar-refractivity contribution in [2.24, 2.45) is 23.3 Å². The van der Waals surface area contributed by atoms with Crippen LogP contribution in [0.3, 0.4) is 0 Å². The van der Waals surface area contributed by atoms with E-state index in [1.807, 2.05) is 51.3 Å². The van der Waals surface area contributed by atoms with Crippen molar-refractivity contribution in [3.8, 4) is 0 Å². The maximum Gasteiger partial charge on any atom is 0.410 e. The predicted octanol–water partition coefficient (Wildman–Crippen LogP) is 2.69. The van der Waals surface area contributed by atoms with Gasteiger partial charge < -0.3 is 30.7 Å². The molecular weight excluding hydrogens is 384 g/mol. The number of ether oxygens (including phenoxy) is 2. The lowest BCUT2D eigenvalue weighted by Gasteiger charge is -2.42. The minimum atomic E-state index is -0.414. The molecule has 2 aliphatic carbocycles. The third-order valence-electron chi connectivity index (χ3n) is 6.45. The quantitative estimate of drug-likeness (QED) is 0.618. The summed E-state index contributed by atoms with van der Waals surface area (Å²) in [4.78, 5) is 27.3. The van der Waals surface area contributed by atoms with Gasteiger partial charge in [-0.1, -0.05) is 0 Å². The molecule has 30 heavy (non-hydrogen) atoms.